The number of amides is 2. The zero-order valence-electron chi connectivity index (χ0n) is 15.1. The summed E-state index contributed by atoms with van der Waals surface area (Å²) in [6.45, 7) is 2.74. The van der Waals surface area contributed by atoms with Crippen molar-refractivity contribution >= 4 is 17.5 Å². The number of nitrogens with zero attached hydrogens (tertiary/aromatic N) is 4. The molecule has 2 aromatic heterocycles. The Bertz CT molecular complexity index is 896. The number of nitrogens with one attached hydrogen (secondary N) is 3. The minimum Gasteiger partial charge on any atom is -0.495 e. The van der Waals surface area contributed by atoms with Gasteiger partial charge in [0.1, 0.15) is 17.4 Å². The second-order valence-corrected chi connectivity index (χ2v) is 5.62. The molecule has 0 radical (unpaired) electrons. The highest BCUT2D eigenvalue weighted by atomic mass is 16.5. The van der Waals surface area contributed by atoms with Crippen LogP contribution < -0.4 is 20.7 Å². The first-order valence-electron chi connectivity index (χ1n) is 8.43. The smallest absolute Gasteiger partial charge is 0.319 e. The molecule has 3 rings (SSSR count). The van der Waals surface area contributed by atoms with E-state index in [1.54, 1.807) is 36.2 Å². The van der Waals surface area contributed by atoms with Crippen LogP contribution in [0.3, 0.4) is 0 Å². The zero-order chi connectivity index (χ0) is 19.1. The van der Waals surface area contributed by atoms with E-state index in [0.29, 0.717) is 42.0 Å². The maximum Gasteiger partial charge on any atom is 0.319 e. The summed E-state index contributed by atoms with van der Waals surface area (Å²) in [6, 6.07) is 10.5. The van der Waals surface area contributed by atoms with Crippen molar-refractivity contribution in [3.8, 4) is 11.6 Å². The molecular formula is C18H21N7O2. The van der Waals surface area contributed by atoms with Gasteiger partial charge in [-0.1, -0.05) is 12.1 Å². The summed E-state index contributed by atoms with van der Waals surface area (Å²) < 4.78 is 6.87. The Morgan fingerprint density at radius 2 is 2.04 bits per heavy atom. The van der Waals surface area contributed by atoms with Crippen LogP contribution in [0.2, 0.25) is 0 Å². The Balaban J connectivity index is 1.49. The maximum atomic E-state index is 12.0. The highest BCUT2D eigenvalue weighted by molar-refractivity contribution is 5.90. The summed E-state index contributed by atoms with van der Waals surface area (Å²) in [5.41, 5.74) is 0.612. The molecule has 0 aliphatic carbocycles. The first-order chi connectivity index (χ1) is 13.2. The molecule has 9 nitrogen and oxygen atoms in total. The molecule has 0 bridgehead atoms. The predicted molar refractivity (Wildman–Crippen MR) is 102 cm³/mol. The van der Waals surface area contributed by atoms with Crippen molar-refractivity contribution in [2.24, 2.45) is 0 Å². The number of carbonyl (C=O) groups is 1. The largest absolute Gasteiger partial charge is 0.495 e. The highest BCUT2D eigenvalue weighted by Crippen LogP contribution is 2.22. The number of urea groups is 1. The van der Waals surface area contributed by atoms with Crippen LogP contribution in [-0.2, 0) is 0 Å². The molecule has 3 N–H and O–H groups in total. The quantitative estimate of drug-likeness (QED) is 0.553. The van der Waals surface area contributed by atoms with Gasteiger partial charge in [-0.2, -0.15) is 5.10 Å². The Hall–Kier alpha value is -3.62. The maximum absolute atomic E-state index is 12.0. The van der Waals surface area contributed by atoms with E-state index in [1.807, 2.05) is 31.3 Å². The van der Waals surface area contributed by atoms with Crippen molar-refractivity contribution in [3.63, 3.8) is 0 Å². The highest BCUT2D eigenvalue weighted by Gasteiger charge is 2.07. The number of para-hydroxylation sites is 2. The molecule has 2 heterocycles. The average molecular weight is 367 g/mol. The molecule has 0 aliphatic rings. The number of benzene rings is 1. The third kappa shape index (κ3) is 4.94. The number of hydrogen-bond acceptors (Lipinski definition) is 6. The van der Waals surface area contributed by atoms with Gasteiger partial charge in [-0.25, -0.2) is 19.4 Å². The van der Waals surface area contributed by atoms with E-state index in [4.69, 9.17) is 4.74 Å². The van der Waals surface area contributed by atoms with Crippen LogP contribution >= 0.6 is 0 Å². The molecule has 1 aromatic carbocycles. The average Bonchev–Trinajstić information content (AvgIpc) is 3.20. The van der Waals surface area contributed by atoms with Gasteiger partial charge in [-0.05, 0) is 25.1 Å². The molecule has 140 valence electrons. The predicted octanol–water partition coefficient (Wildman–Crippen LogP) is 2.21. The normalized spacial score (nSPS) is 10.3. The van der Waals surface area contributed by atoms with Crippen molar-refractivity contribution in [1.29, 1.82) is 0 Å². The molecule has 27 heavy (non-hydrogen) atoms. The van der Waals surface area contributed by atoms with Crippen molar-refractivity contribution in [2.45, 2.75) is 6.92 Å². The van der Waals surface area contributed by atoms with Crippen LogP contribution in [0.5, 0.6) is 5.75 Å². The van der Waals surface area contributed by atoms with E-state index >= 15 is 0 Å². The summed E-state index contributed by atoms with van der Waals surface area (Å²) in [6.07, 6.45) is 3.50. The Kier molecular flexibility index (Phi) is 5.83. The third-order valence-corrected chi connectivity index (χ3v) is 3.64. The first-order valence-corrected chi connectivity index (χ1v) is 8.43. The van der Waals surface area contributed by atoms with Crippen LogP contribution in [0, 0.1) is 6.92 Å². The molecule has 0 saturated carbocycles. The zero-order valence-corrected chi connectivity index (χ0v) is 15.1. The second-order valence-electron chi connectivity index (χ2n) is 5.62. The van der Waals surface area contributed by atoms with Gasteiger partial charge in [0.15, 0.2) is 5.82 Å². The topological polar surface area (TPSA) is 106 Å². The van der Waals surface area contributed by atoms with Crippen molar-refractivity contribution in [2.75, 3.05) is 30.8 Å². The number of anilines is 2. The molecular weight excluding hydrogens is 346 g/mol. The van der Waals surface area contributed by atoms with Crippen LogP contribution in [0.1, 0.15) is 5.82 Å². The van der Waals surface area contributed by atoms with E-state index in [2.05, 4.69) is 31.0 Å². The molecule has 0 spiro atoms. The standard InChI is InChI=1S/C18H21N7O2/c1-13-22-16(12-17(23-13)25-11-5-8-21-25)19-9-10-20-18(26)24-14-6-3-4-7-15(14)27-2/h3-8,11-12H,9-10H2,1-2H3,(H,19,22,23)(H2,20,24,26). The lowest BCUT2D eigenvalue weighted by Crippen LogP contribution is -2.32. The molecule has 2 amide bonds. The molecule has 0 aliphatic heterocycles. The van der Waals surface area contributed by atoms with E-state index in [9.17, 15) is 4.79 Å². The second kappa shape index (κ2) is 8.65. The van der Waals surface area contributed by atoms with E-state index in [1.165, 1.54) is 0 Å². The molecule has 0 unspecified atom stereocenters. The summed E-state index contributed by atoms with van der Waals surface area (Å²) in [5.74, 6) is 2.58. The summed E-state index contributed by atoms with van der Waals surface area (Å²) >= 11 is 0. The van der Waals surface area contributed by atoms with Gasteiger partial charge >= 0.3 is 6.03 Å². The fraction of sp³-hybridized carbons (Fsp3) is 0.222. The Morgan fingerprint density at radius 1 is 1.19 bits per heavy atom. The number of rotatable bonds is 7. The molecule has 0 saturated heterocycles. The third-order valence-electron chi connectivity index (χ3n) is 3.64. The monoisotopic (exact) mass is 367 g/mol. The van der Waals surface area contributed by atoms with Gasteiger partial charge in [0, 0.05) is 31.5 Å². The minimum atomic E-state index is -0.308. The summed E-state index contributed by atoms with van der Waals surface area (Å²) in [5, 5.41) is 12.9. The van der Waals surface area contributed by atoms with Gasteiger partial charge in [0.25, 0.3) is 0 Å². The first kappa shape index (κ1) is 18.2. The van der Waals surface area contributed by atoms with Gasteiger partial charge in [0.2, 0.25) is 0 Å². The van der Waals surface area contributed by atoms with Crippen molar-refractivity contribution in [1.82, 2.24) is 25.1 Å². The van der Waals surface area contributed by atoms with Crippen LogP contribution in [0.15, 0.2) is 48.8 Å². The van der Waals surface area contributed by atoms with Crippen LogP contribution in [0.25, 0.3) is 5.82 Å². The fourth-order valence-corrected chi connectivity index (χ4v) is 2.45. The lowest BCUT2D eigenvalue weighted by molar-refractivity contribution is 0.252. The van der Waals surface area contributed by atoms with E-state index in [-0.39, 0.29) is 6.03 Å². The number of aryl methyl sites for hydroxylation is 1. The number of aromatic nitrogens is 4. The lowest BCUT2D eigenvalue weighted by atomic mass is 10.3. The Morgan fingerprint density at radius 3 is 2.81 bits per heavy atom. The Labute approximate surface area is 156 Å². The number of carbonyl (C=O) groups excluding carboxylic acids is 1. The minimum absolute atomic E-state index is 0.308. The van der Waals surface area contributed by atoms with Gasteiger partial charge in [-0.15, -0.1) is 0 Å². The van der Waals surface area contributed by atoms with Gasteiger partial charge in [-0.3, -0.25) is 0 Å². The fourth-order valence-electron chi connectivity index (χ4n) is 2.45. The summed E-state index contributed by atoms with van der Waals surface area (Å²) in [7, 11) is 1.56. The lowest BCUT2D eigenvalue weighted by Gasteiger charge is -2.12. The number of ether oxygens (including phenoxy) is 1. The number of hydrogen-bond donors (Lipinski definition) is 3. The molecule has 0 atom stereocenters. The molecule has 9 heteroatoms. The van der Waals surface area contributed by atoms with Gasteiger partial charge in [0.05, 0.1) is 12.8 Å². The summed E-state index contributed by atoms with van der Waals surface area (Å²) in [4.78, 5) is 20.7. The molecule has 0 fully saturated rings. The van der Waals surface area contributed by atoms with Crippen LogP contribution in [-0.4, -0.2) is 46.0 Å². The van der Waals surface area contributed by atoms with Crippen molar-refractivity contribution in [3.05, 3.63) is 54.6 Å². The van der Waals surface area contributed by atoms with Gasteiger partial charge < -0.3 is 20.7 Å². The van der Waals surface area contributed by atoms with Crippen LogP contribution in [0.4, 0.5) is 16.3 Å². The van der Waals surface area contributed by atoms with Crippen molar-refractivity contribution < 1.29 is 9.53 Å². The SMILES string of the molecule is COc1ccccc1NC(=O)NCCNc1cc(-n2cccn2)nc(C)n1. The van der Waals surface area contributed by atoms with E-state index in [0.717, 1.165) is 0 Å². The van der Waals surface area contributed by atoms with E-state index < -0.39 is 0 Å². The number of methoxy groups -OCH3 is 1. The molecule has 3 aromatic rings.